The number of benzene rings is 1. The Morgan fingerprint density at radius 3 is 3.11 bits per heavy atom. The van der Waals surface area contributed by atoms with Crippen molar-refractivity contribution in [2.75, 3.05) is 18.6 Å². The summed E-state index contributed by atoms with van der Waals surface area (Å²) in [5, 5.41) is 3.77. The lowest BCUT2D eigenvalue weighted by Crippen LogP contribution is -2.36. The van der Waals surface area contributed by atoms with E-state index in [0.717, 1.165) is 29.0 Å². The molecule has 0 radical (unpaired) electrons. The zero-order valence-corrected chi connectivity index (χ0v) is 13.3. The average Bonchev–Trinajstić information content (AvgIpc) is 2.38. The molecule has 1 aliphatic heterocycles. The second-order valence-corrected chi connectivity index (χ2v) is 6.43. The number of thioether (sulfide) groups is 1. The van der Waals surface area contributed by atoms with E-state index in [-0.39, 0.29) is 0 Å². The minimum atomic E-state index is 0.420. The maximum atomic E-state index is 5.72. The summed E-state index contributed by atoms with van der Waals surface area (Å²) in [5.41, 5.74) is 1.29. The number of nitrogens with one attached hydrogen (secondary N) is 1. The minimum Gasteiger partial charge on any atom is -0.493 e. The first kappa shape index (κ1) is 14.2. The molecular formula is C14H20BrNOS. The van der Waals surface area contributed by atoms with Crippen LogP contribution < -0.4 is 10.1 Å². The van der Waals surface area contributed by atoms with Gasteiger partial charge in [0.05, 0.1) is 6.61 Å². The van der Waals surface area contributed by atoms with Gasteiger partial charge in [-0.3, -0.25) is 0 Å². The van der Waals surface area contributed by atoms with Gasteiger partial charge in [-0.05, 0) is 30.9 Å². The van der Waals surface area contributed by atoms with Crippen molar-refractivity contribution >= 4 is 27.7 Å². The highest BCUT2D eigenvalue weighted by Crippen LogP contribution is 2.34. The van der Waals surface area contributed by atoms with E-state index in [1.165, 1.54) is 12.0 Å². The zero-order valence-electron chi connectivity index (χ0n) is 10.9. The fourth-order valence-corrected chi connectivity index (χ4v) is 3.42. The molecule has 1 heterocycles. The molecule has 2 rings (SSSR count). The van der Waals surface area contributed by atoms with E-state index in [2.05, 4.69) is 46.6 Å². The van der Waals surface area contributed by atoms with Gasteiger partial charge in [0.25, 0.3) is 0 Å². The van der Waals surface area contributed by atoms with Gasteiger partial charge in [-0.25, -0.2) is 0 Å². The van der Waals surface area contributed by atoms with Crippen LogP contribution in [0.1, 0.15) is 31.4 Å². The van der Waals surface area contributed by atoms with E-state index in [1.807, 2.05) is 17.8 Å². The first-order valence-electron chi connectivity index (χ1n) is 6.41. The van der Waals surface area contributed by atoms with Crippen LogP contribution in [-0.4, -0.2) is 24.7 Å². The van der Waals surface area contributed by atoms with Gasteiger partial charge in [0.2, 0.25) is 0 Å². The minimum absolute atomic E-state index is 0.420. The maximum absolute atomic E-state index is 5.72. The smallest absolute Gasteiger partial charge is 0.124 e. The Morgan fingerprint density at radius 2 is 2.39 bits per heavy atom. The summed E-state index contributed by atoms with van der Waals surface area (Å²) in [5.74, 6) is 2.19. The van der Waals surface area contributed by atoms with E-state index in [0.29, 0.717) is 12.1 Å². The molecule has 2 atom stereocenters. The third-order valence-corrected chi connectivity index (χ3v) is 4.54. The molecule has 2 nitrogen and oxygen atoms in total. The Bertz CT molecular complexity index is 399. The van der Waals surface area contributed by atoms with Crippen molar-refractivity contribution in [1.82, 2.24) is 5.32 Å². The van der Waals surface area contributed by atoms with Gasteiger partial charge < -0.3 is 10.1 Å². The molecule has 1 aliphatic rings. The highest BCUT2D eigenvalue weighted by molar-refractivity contribution is 9.10. The lowest BCUT2D eigenvalue weighted by atomic mass is 9.99. The van der Waals surface area contributed by atoms with Crippen molar-refractivity contribution < 1.29 is 4.74 Å². The summed E-state index contributed by atoms with van der Waals surface area (Å²) in [4.78, 5) is 0. The molecule has 100 valence electrons. The Balaban J connectivity index is 2.13. The molecule has 0 amide bonds. The first-order valence-corrected chi connectivity index (χ1v) is 8.60. The van der Waals surface area contributed by atoms with Crippen molar-refractivity contribution in [3.05, 3.63) is 28.2 Å². The van der Waals surface area contributed by atoms with Crippen LogP contribution in [0.25, 0.3) is 0 Å². The molecule has 0 spiro atoms. The third kappa shape index (κ3) is 3.43. The van der Waals surface area contributed by atoms with Crippen molar-refractivity contribution in [1.29, 1.82) is 0 Å². The van der Waals surface area contributed by atoms with Crippen LogP contribution in [0, 0.1) is 0 Å². The van der Waals surface area contributed by atoms with E-state index in [9.17, 15) is 0 Å². The highest BCUT2D eigenvalue weighted by atomic mass is 79.9. The summed E-state index contributed by atoms with van der Waals surface area (Å²) in [7, 11) is 0. The van der Waals surface area contributed by atoms with E-state index >= 15 is 0 Å². The quantitative estimate of drug-likeness (QED) is 0.882. The summed E-state index contributed by atoms with van der Waals surface area (Å²) in [6.45, 7) is 3.05. The third-order valence-electron chi connectivity index (χ3n) is 3.31. The molecule has 18 heavy (non-hydrogen) atoms. The Hall–Kier alpha value is -0.190. The van der Waals surface area contributed by atoms with Crippen LogP contribution in [0.5, 0.6) is 5.75 Å². The van der Waals surface area contributed by atoms with Crippen LogP contribution in [0.15, 0.2) is 22.7 Å². The van der Waals surface area contributed by atoms with Crippen molar-refractivity contribution in [3.8, 4) is 5.75 Å². The van der Waals surface area contributed by atoms with Gasteiger partial charge in [-0.1, -0.05) is 22.9 Å². The van der Waals surface area contributed by atoms with E-state index < -0.39 is 0 Å². The van der Waals surface area contributed by atoms with Crippen LogP contribution >= 0.6 is 27.7 Å². The molecule has 0 saturated carbocycles. The van der Waals surface area contributed by atoms with Gasteiger partial charge in [0.1, 0.15) is 5.75 Å². The predicted molar refractivity (Wildman–Crippen MR) is 82.6 cm³/mol. The molecule has 0 saturated heterocycles. The summed E-state index contributed by atoms with van der Waals surface area (Å²) in [6.07, 6.45) is 4.38. The number of hydrogen-bond donors (Lipinski definition) is 1. The summed E-state index contributed by atoms with van der Waals surface area (Å²) >= 11 is 5.45. The number of halogens is 1. The highest BCUT2D eigenvalue weighted by Gasteiger charge is 2.23. The van der Waals surface area contributed by atoms with Gasteiger partial charge in [0, 0.05) is 34.3 Å². The van der Waals surface area contributed by atoms with Gasteiger partial charge in [-0.15, -0.1) is 0 Å². The monoisotopic (exact) mass is 329 g/mol. The molecule has 1 N–H and O–H groups in total. The number of hydrogen-bond acceptors (Lipinski definition) is 3. The van der Waals surface area contributed by atoms with Crippen LogP contribution in [0.4, 0.5) is 0 Å². The Labute approximate surface area is 122 Å². The van der Waals surface area contributed by atoms with Crippen molar-refractivity contribution in [3.63, 3.8) is 0 Å². The zero-order chi connectivity index (χ0) is 13.0. The fraction of sp³-hybridized carbons (Fsp3) is 0.571. The maximum Gasteiger partial charge on any atom is 0.124 e. The topological polar surface area (TPSA) is 21.3 Å². The molecule has 0 aromatic heterocycles. The number of rotatable bonds is 5. The van der Waals surface area contributed by atoms with Crippen molar-refractivity contribution in [2.45, 2.75) is 31.8 Å². The summed E-state index contributed by atoms with van der Waals surface area (Å²) < 4.78 is 6.84. The lowest BCUT2D eigenvalue weighted by Gasteiger charge is -2.30. The second-order valence-electron chi connectivity index (χ2n) is 4.60. The molecule has 0 aliphatic carbocycles. The molecule has 1 aromatic rings. The Morgan fingerprint density at radius 1 is 1.56 bits per heavy atom. The SMILES string of the molecule is CCC(CSC)NC1CCOc2ccc(Br)cc21. The molecule has 1 aromatic carbocycles. The van der Waals surface area contributed by atoms with E-state index in [4.69, 9.17) is 4.74 Å². The van der Waals surface area contributed by atoms with E-state index in [1.54, 1.807) is 0 Å². The lowest BCUT2D eigenvalue weighted by molar-refractivity contribution is 0.245. The normalized spacial score (nSPS) is 20.1. The average molecular weight is 330 g/mol. The molecule has 0 bridgehead atoms. The van der Waals surface area contributed by atoms with Gasteiger partial charge in [0.15, 0.2) is 0 Å². The molecule has 2 unspecified atom stereocenters. The summed E-state index contributed by atoms with van der Waals surface area (Å²) in [6, 6.07) is 7.28. The van der Waals surface area contributed by atoms with Gasteiger partial charge >= 0.3 is 0 Å². The van der Waals surface area contributed by atoms with Crippen LogP contribution in [0.3, 0.4) is 0 Å². The predicted octanol–water partition coefficient (Wildman–Crippen LogP) is 4.00. The second kappa shape index (κ2) is 6.83. The first-order chi connectivity index (χ1) is 8.74. The van der Waals surface area contributed by atoms with Crippen LogP contribution in [-0.2, 0) is 0 Å². The van der Waals surface area contributed by atoms with Crippen molar-refractivity contribution in [2.24, 2.45) is 0 Å². The number of ether oxygens (including phenoxy) is 1. The fourth-order valence-electron chi connectivity index (χ4n) is 2.31. The van der Waals surface area contributed by atoms with Gasteiger partial charge in [-0.2, -0.15) is 11.8 Å². The van der Waals surface area contributed by atoms with Crippen LogP contribution in [0.2, 0.25) is 0 Å². The molecule has 0 fully saturated rings. The standard InChI is InChI=1S/C14H20BrNOS/c1-3-11(9-18-2)16-13-6-7-17-14-5-4-10(15)8-12(13)14/h4-5,8,11,13,16H,3,6-7,9H2,1-2H3. The molecular weight excluding hydrogens is 310 g/mol. The number of fused-ring (bicyclic) bond motifs is 1. The Kier molecular flexibility index (Phi) is 5.39. The molecule has 4 heteroatoms. The largest absolute Gasteiger partial charge is 0.493 e.